The van der Waals surface area contributed by atoms with Gasteiger partial charge in [-0.15, -0.1) is 0 Å². The predicted molar refractivity (Wildman–Crippen MR) is 73.0 cm³/mol. The Morgan fingerprint density at radius 2 is 2.05 bits per heavy atom. The van der Waals surface area contributed by atoms with E-state index >= 15 is 0 Å². The summed E-state index contributed by atoms with van der Waals surface area (Å²) in [5.74, 6) is 0.208. The fourth-order valence-corrected chi connectivity index (χ4v) is 2.74. The van der Waals surface area contributed by atoms with Crippen molar-refractivity contribution in [2.24, 2.45) is 0 Å². The van der Waals surface area contributed by atoms with E-state index in [-0.39, 0.29) is 12.0 Å². The molecule has 1 saturated carbocycles. The summed E-state index contributed by atoms with van der Waals surface area (Å²) in [5, 5.41) is 3.43. The zero-order valence-electron chi connectivity index (χ0n) is 11.7. The van der Waals surface area contributed by atoms with Gasteiger partial charge in [0.25, 0.3) is 0 Å². The van der Waals surface area contributed by atoms with Crippen molar-refractivity contribution in [1.82, 2.24) is 15.3 Å². The van der Waals surface area contributed by atoms with Gasteiger partial charge in [-0.05, 0) is 38.3 Å². The first-order valence-corrected chi connectivity index (χ1v) is 7.44. The third-order valence-corrected chi connectivity index (χ3v) is 4.01. The normalized spacial score (nSPS) is 23.1. The van der Waals surface area contributed by atoms with E-state index in [1.54, 1.807) is 0 Å². The number of hydrogen-bond acceptors (Lipinski definition) is 4. The van der Waals surface area contributed by atoms with Gasteiger partial charge in [-0.2, -0.15) is 13.2 Å². The van der Waals surface area contributed by atoms with Crippen LogP contribution in [-0.2, 0) is 6.18 Å². The molecule has 2 aliphatic rings. The number of hydrogen-bond donors (Lipinski definition) is 1. The molecule has 1 aliphatic heterocycles. The molecule has 1 N–H and O–H groups in total. The SMILES string of the molecule is FC(F)(F)c1ccnc(N(CC2CCCCN2)C2CC2)n1. The number of piperidine rings is 1. The molecule has 1 unspecified atom stereocenters. The van der Waals surface area contributed by atoms with Gasteiger partial charge in [-0.3, -0.25) is 0 Å². The van der Waals surface area contributed by atoms with Gasteiger partial charge >= 0.3 is 6.18 Å². The number of aromatic nitrogens is 2. The van der Waals surface area contributed by atoms with Crippen LogP contribution in [-0.4, -0.2) is 35.1 Å². The van der Waals surface area contributed by atoms with Crippen molar-refractivity contribution in [3.05, 3.63) is 18.0 Å². The summed E-state index contributed by atoms with van der Waals surface area (Å²) >= 11 is 0. The lowest BCUT2D eigenvalue weighted by molar-refractivity contribution is -0.141. The van der Waals surface area contributed by atoms with Crippen LogP contribution in [0.25, 0.3) is 0 Å². The van der Waals surface area contributed by atoms with Gasteiger partial charge in [-0.25, -0.2) is 9.97 Å². The maximum Gasteiger partial charge on any atom is 0.433 e. The average molecular weight is 300 g/mol. The van der Waals surface area contributed by atoms with Gasteiger partial charge in [0.1, 0.15) is 5.69 Å². The molecule has 0 spiro atoms. The van der Waals surface area contributed by atoms with Gasteiger partial charge in [0.05, 0.1) is 0 Å². The highest BCUT2D eigenvalue weighted by Crippen LogP contribution is 2.33. The van der Waals surface area contributed by atoms with Gasteiger partial charge in [0, 0.05) is 24.8 Å². The summed E-state index contributed by atoms with van der Waals surface area (Å²) < 4.78 is 38.4. The number of anilines is 1. The fourth-order valence-electron chi connectivity index (χ4n) is 2.74. The molecule has 1 aliphatic carbocycles. The van der Waals surface area contributed by atoms with Gasteiger partial charge in [0.2, 0.25) is 5.95 Å². The Bertz CT molecular complexity index is 481. The lowest BCUT2D eigenvalue weighted by Gasteiger charge is -2.31. The minimum absolute atomic E-state index is 0.208. The van der Waals surface area contributed by atoms with Crippen molar-refractivity contribution < 1.29 is 13.2 Å². The number of nitrogens with zero attached hydrogens (tertiary/aromatic N) is 3. The summed E-state index contributed by atoms with van der Waals surface area (Å²) in [5.41, 5.74) is -0.866. The summed E-state index contributed by atoms with van der Waals surface area (Å²) in [6.45, 7) is 1.67. The van der Waals surface area contributed by atoms with Crippen LogP contribution in [0.3, 0.4) is 0 Å². The Kier molecular flexibility index (Phi) is 4.01. The highest BCUT2D eigenvalue weighted by molar-refractivity contribution is 5.35. The first-order valence-electron chi connectivity index (χ1n) is 7.44. The van der Waals surface area contributed by atoms with Crippen LogP contribution >= 0.6 is 0 Å². The second kappa shape index (κ2) is 5.79. The smallest absolute Gasteiger partial charge is 0.336 e. The highest BCUT2D eigenvalue weighted by atomic mass is 19.4. The highest BCUT2D eigenvalue weighted by Gasteiger charge is 2.36. The molecular weight excluding hydrogens is 281 g/mol. The van der Waals surface area contributed by atoms with Crippen LogP contribution in [0.5, 0.6) is 0 Å². The van der Waals surface area contributed by atoms with Crippen molar-refractivity contribution in [1.29, 1.82) is 0 Å². The first kappa shape index (κ1) is 14.6. The van der Waals surface area contributed by atoms with Crippen LogP contribution in [0, 0.1) is 0 Å². The molecule has 1 saturated heterocycles. The van der Waals surface area contributed by atoms with Crippen molar-refractivity contribution in [3.63, 3.8) is 0 Å². The van der Waals surface area contributed by atoms with Gasteiger partial charge in [0.15, 0.2) is 0 Å². The third-order valence-electron chi connectivity index (χ3n) is 4.01. The minimum atomic E-state index is -4.42. The van der Waals surface area contributed by atoms with Crippen LogP contribution in [0.15, 0.2) is 12.3 Å². The van der Waals surface area contributed by atoms with E-state index in [1.807, 2.05) is 4.90 Å². The van der Waals surface area contributed by atoms with Gasteiger partial charge in [-0.1, -0.05) is 6.42 Å². The largest absolute Gasteiger partial charge is 0.433 e. The zero-order valence-corrected chi connectivity index (χ0v) is 11.7. The van der Waals surface area contributed by atoms with E-state index in [0.29, 0.717) is 12.6 Å². The fraction of sp³-hybridized carbons (Fsp3) is 0.714. The summed E-state index contributed by atoms with van der Waals surface area (Å²) in [6, 6.07) is 1.53. The molecule has 0 radical (unpaired) electrons. The van der Waals surface area contributed by atoms with Crippen LogP contribution in [0.2, 0.25) is 0 Å². The Hall–Kier alpha value is -1.37. The lowest BCUT2D eigenvalue weighted by atomic mass is 10.0. The Morgan fingerprint density at radius 1 is 1.24 bits per heavy atom. The van der Waals surface area contributed by atoms with Crippen LogP contribution < -0.4 is 10.2 Å². The average Bonchev–Trinajstić information content (AvgIpc) is 3.30. The maximum absolute atomic E-state index is 12.8. The molecular formula is C14H19F3N4. The topological polar surface area (TPSA) is 41.1 Å². The Labute approximate surface area is 121 Å². The van der Waals surface area contributed by atoms with Crippen LogP contribution in [0.1, 0.15) is 37.8 Å². The van der Waals surface area contributed by atoms with Crippen molar-refractivity contribution >= 4 is 5.95 Å². The van der Waals surface area contributed by atoms with E-state index in [0.717, 1.165) is 31.9 Å². The van der Waals surface area contributed by atoms with Crippen LogP contribution in [0.4, 0.5) is 19.1 Å². The van der Waals surface area contributed by atoms with Crippen molar-refractivity contribution in [2.75, 3.05) is 18.0 Å². The molecule has 116 valence electrons. The molecule has 0 amide bonds. The maximum atomic E-state index is 12.8. The van der Waals surface area contributed by atoms with E-state index in [1.165, 1.54) is 19.0 Å². The Balaban J connectivity index is 1.77. The number of rotatable bonds is 4. The molecule has 7 heteroatoms. The molecule has 1 atom stereocenters. The predicted octanol–water partition coefficient (Wildman–Crippen LogP) is 2.61. The molecule has 4 nitrogen and oxygen atoms in total. The lowest BCUT2D eigenvalue weighted by Crippen LogP contribution is -2.45. The standard InChI is InChI=1S/C14H19F3N4/c15-14(16,17)12-6-8-19-13(20-12)21(11-4-5-11)9-10-3-1-2-7-18-10/h6,8,10-11,18H,1-5,7,9H2. The molecule has 21 heavy (non-hydrogen) atoms. The first-order chi connectivity index (χ1) is 10.0. The molecule has 2 heterocycles. The zero-order chi connectivity index (χ0) is 14.9. The van der Waals surface area contributed by atoms with E-state index < -0.39 is 11.9 Å². The van der Waals surface area contributed by atoms with Crippen molar-refractivity contribution in [2.45, 2.75) is 50.4 Å². The summed E-state index contributed by atoms with van der Waals surface area (Å²) in [4.78, 5) is 9.74. The minimum Gasteiger partial charge on any atom is -0.336 e. The number of halogens is 3. The van der Waals surface area contributed by atoms with E-state index in [9.17, 15) is 13.2 Å². The molecule has 0 bridgehead atoms. The second-order valence-electron chi connectivity index (χ2n) is 5.77. The number of alkyl halides is 3. The van der Waals surface area contributed by atoms with E-state index in [4.69, 9.17) is 0 Å². The van der Waals surface area contributed by atoms with E-state index in [2.05, 4.69) is 15.3 Å². The van der Waals surface area contributed by atoms with Crippen molar-refractivity contribution in [3.8, 4) is 0 Å². The molecule has 3 rings (SSSR count). The Morgan fingerprint density at radius 3 is 2.67 bits per heavy atom. The molecule has 2 fully saturated rings. The third kappa shape index (κ3) is 3.64. The monoisotopic (exact) mass is 300 g/mol. The molecule has 0 aromatic carbocycles. The summed E-state index contributed by atoms with van der Waals surface area (Å²) in [6.07, 6.45) is 2.19. The molecule has 1 aromatic rings. The summed E-state index contributed by atoms with van der Waals surface area (Å²) in [7, 11) is 0. The quantitative estimate of drug-likeness (QED) is 0.928. The number of nitrogens with one attached hydrogen (secondary N) is 1. The second-order valence-corrected chi connectivity index (χ2v) is 5.77. The molecule has 1 aromatic heterocycles. The van der Waals surface area contributed by atoms with Gasteiger partial charge < -0.3 is 10.2 Å².